The number of thioether (sulfide) groups is 1. The summed E-state index contributed by atoms with van der Waals surface area (Å²) in [4.78, 5) is 12.6. The van der Waals surface area contributed by atoms with Crippen LogP contribution in [0.4, 0.5) is 0 Å². The maximum atomic E-state index is 12.7. The molecule has 0 amide bonds. The Bertz CT molecular complexity index is 1410. The second kappa shape index (κ2) is 8.70. The lowest BCUT2D eigenvalue weighted by Gasteiger charge is -2.11. The molecule has 0 saturated heterocycles. The molecule has 31 heavy (non-hydrogen) atoms. The molecule has 0 bridgehead atoms. The van der Waals surface area contributed by atoms with Crippen molar-refractivity contribution in [1.29, 1.82) is 0 Å². The van der Waals surface area contributed by atoms with Crippen molar-refractivity contribution in [3.8, 4) is 5.69 Å². The van der Waals surface area contributed by atoms with Crippen molar-refractivity contribution in [1.82, 2.24) is 19.3 Å². The van der Waals surface area contributed by atoms with Gasteiger partial charge in [-0.05, 0) is 35.9 Å². The van der Waals surface area contributed by atoms with E-state index in [1.807, 2.05) is 71.3 Å². The van der Waals surface area contributed by atoms with E-state index in [2.05, 4.69) is 22.3 Å². The number of hydrogen-bond donors (Lipinski definition) is 0. The molecule has 154 valence electrons. The minimum Gasteiger partial charge on any atom is -0.291 e. The van der Waals surface area contributed by atoms with Crippen LogP contribution in [-0.4, -0.2) is 19.3 Å². The van der Waals surface area contributed by atoms with E-state index < -0.39 is 0 Å². The fourth-order valence-corrected chi connectivity index (χ4v) is 5.40. The first kappa shape index (κ1) is 20.1. The van der Waals surface area contributed by atoms with Crippen LogP contribution in [0.25, 0.3) is 15.9 Å². The third-order valence-electron chi connectivity index (χ3n) is 4.85. The molecule has 8 heteroatoms. The molecular formula is C23H17ClN4OS2. The van der Waals surface area contributed by atoms with Gasteiger partial charge in [0, 0.05) is 10.8 Å². The van der Waals surface area contributed by atoms with Crippen LogP contribution in [0, 0.1) is 0 Å². The highest BCUT2D eigenvalue weighted by molar-refractivity contribution is 7.98. The summed E-state index contributed by atoms with van der Waals surface area (Å²) in [5, 5.41) is 10.3. The molecule has 0 aliphatic heterocycles. The number of aromatic nitrogens is 4. The van der Waals surface area contributed by atoms with E-state index in [1.54, 1.807) is 16.3 Å². The van der Waals surface area contributed by atoms with Crippen molar-refractivity contribution in [2.24, 2.45) is 0 Å². The molecule has 5 nitrogen and oxygen atoms in total. The molecule has 0 fully saturated rings. The number of fused-ring (bicyclic) bond motifs is 1. The molecule has 0 N–H and O–H groups in total. The first-order chi connectivity index (χ1) is 15.2. The predicted octanol–water partition coefficient (Wildman–Crippen LogP) is 5.64. The first-order valence-corrected chi connectivity index (χ1v) is 11.8. The number of para-hydroxylation sites is 1. The summed E-state index contributed by atoms with van der Waals surface area (Å²) < 4.78 is 4.69. The summed E-state index contributed by atoms with van der Waals surface area (Å²) in [7, 11) is 0. The Morgan fingerprint density at radius 1 is 0.935 bits per heavy atom. The van der Waals surface area contributed by atoms with Crippen LogP contribution in [-0.2, 0) is 12.3 Å². The van der Waals surface area contributed by atoms with Gasteiger partial charge in [0.1, 0.15) is 0 Å². The summed E-state index contributed by atoms with van der Waals surface area (Å²) in [6.07, 6.45) is 0. The van der Waals surface area contributed by atoms with Crippen molar-refractivity contribution < 1.29 is 0 Å². The molecule has 3 aromatic carbocycles. The van der Waals surface area contributed by atoms with Gasteiger partial charge >= 0.3 is 4.87 Å². The van der Waals surface area contributed by atoms with E-state index in [9.17, 15) is 4.79 Å². The van der Waals surface area contributed by atoms with E-state index in [0.29, 0.717) is 17.4 Å². The molecule has 2 aromatic heterocycles. The Hall–Kier alpha value is -2.87. The molecule has 5 aromatic rings. The zero-order chi connectivity index (χ0) is 21.2. The standard InChI is InChI=1S/C23H17ClN4OS2/c24-17-9-6-10-18(13-17)28-21(14-27-19-11-4-5-12-20(19)31-23(27)29)25-26-22(28)30-15-16-7-2-1-3-8-16/h1-13H,14-15H2. The first-order valence-electron chi connectivity index (χ1n) is 9.64. The molecule has 0 atom stereocenters. The van der Waals surface area contributed by atoms with Crippen LogP contribution in [0.15, 0.2) is 88.8 Å². The Kier molecular flexibility index (Phi) is 5.63. The lowest BCUT2D eigenvalue weighted by molar-refractivity contribution is 0.726. The van der Waals surface area contributed by atoms with Gasteiger partial charge < -0.3 is 0 Å². The average Bonchev–Trinajstić information content (AvgIpc) is 3.34. The Morgan fingerprint density at radius 3 is 2.58 bits per heavy atom. The van der Waals surface area contributed by atoms with E-state index >= 15 is 0 Å². The van der Waals surface area contributed by atoms with Gasteiger partial charge in [0.15, 0.2) is 11.0 Å². The van der Waals surface area contributed by atoms with E-state index in [1.165, 1.54) is 16.9 Å². The predicted molar refractivity (Wildman–Crippen MR) is 128 cm³/mol. The molecule has 0 saturated carbocycles. The van der Waals surface area contributed by atoms with E-state index in [4.69, 9.17) is 11.6 Å². The van der Waals surface area contributed by atoms with Crippen LogP contribution in [0.3, 0.4) is 0 Å². The summed E-state index contributed by atoms with van der Waals surface area (Å²) >= 11 is 9.11. The topological polar surface area (TPSA) is 52.7 Å². The lowest BCUT2D eigenvalue weighted by Crippen LogP contribution is -2.16. The molecule has 0 aliphatic carbocycles. The maximum Gasteiger partial charge on any atom is 0.308 e. The van der Waals surface area contributed by atoms with Gasteiger partial charge in [-0.2, -0.15) is 0 Å². The molecule has 0 radical (unpaired) electrons. The highest BCUT2D eigenvalue weighted by Gasteiger charge is 2.17. The molecule has 0 unspecified atom stereocenters. The fraction of sp³-hybridized carbons (Fsp3) is 0.0870. The summed E-state index contributed by atoms with van der Waals surface area (Å²) in [5.41, 5.74) is 2.97. The monoisotopic (exact) mass is 464 g/mol. The lowest BCUT2D eigenvalue weighted by atomic mass is 10.2. The molecule has 2 heterocycles. The zero-order valence-corrected chi connectivity index (χ0v) is 18.7. The van der Waals surface area contributed by atoms with Crippen molar-refractivity contribution in [3.63, 3.8) is 0 Å². The summed E-state index contributed by atoms with van der Waals surface area (Å²) in [6, 6.07) is 25.6. The average molecular weight is 465 g/mol. The van der Waals surface area contributed by atoms with Crippen molar-refractivity contribution in [3.05, 3.63) is 105 Å². The summed E-state index contributed by atoms with van der Waals surface area (Å²) in [5.74, 6) is 1.45. The largest absolute Gasteiger partial charge is 0.308 e. The van der Waals surface area contributed by atoms with Crippen LogP contribution >= 0.6 is 34.7 Å². The second-order valence-electron chi connectivity index (χ2n) is 6.91. The number of thiazole rings is 1. The van der Waals surface area contributed by atoms with Gasteiger partial charge in [-0.25, -0.2) is 0 Å². The van der Waals surface area contributed by atoms with E-state index in [0.717, 1.165) is 26.8 Å². The fourth-order valence-electron chi connectivity index (χ4n) is 3.40. The van der Waals surface area contributed by atoms with Crippen molar-refractivity contribution in [2.45, 2.75) is 17.5 Å². The number of nitrogens with zero attached hydrogens (tertiary/aromatic N) is 4. The molecule has 0 aliphatic rings. The van der Waals surface area contributed by atoms with Gasteiger partial charge in [-0.1, -0.05) is 83.2 Å². The van der Waals surface area contributed by atoms with Crippen molar-refractivity contribution >= 4 is 44.9 Å². The number of halogens is 1. The number of benzene rings is 3. The Morgan fingerprint density at radius 2 is 1.74 bits per heavy atom. The number of rotatable bonds is 6. The Balaban J connectivity index is 1.56. The van der Waals surface area contributed by atoms with Crippen molar-refractivity contribution in [2.75, 3.05) is 0 Å². The quantitative estimate of drug-likeness (QED) is 0.305. The number of hydrogen-bond acceptors (Lipinski definition) is 5. The third-order valence-corrected chi connectivity index (χ3v) is 7.05. The van der Waals surface area contributed by atoms with Gasteiger partial charge in [0.25, 0.3) is 0 Å². The minimum atomic E-state index is -0.0136. The van der Waals surface area contributed by atoms with Gasteiger partial charge in [-0.15, -0.1) is 10.2 Å². The van der Waals surface area contributed by atoms with E-state index in [-0.39, 0.29) is 4.87 Å². The van der Waals surface area contributed by atoms with Crippen LogP contribution in [0.1, 0.15) is 11.4 Å². The van der Waals surface area contributed by atoms with Gasteiger partial charge in [0.2, 0.25) is 0 Å². The Labute approximate surface area is 191 Å². The normalized spacial score (nSPS) is 11.3. The minimum absolute atomic E-state index is 0.0136. The third kappa shape index (κ3) is 4.17. The second-order valence-corrected chi connectivity index (χ2v) is 9.28. The molecule has 0 spiro atoms. The molecule has 5 rings (SSSR count). The smallest absolute Gasteiger partial charge is 0.291 e. The van der Waals surface area contributed by atoms with Crippen LogP contribution < -0.4 is 4.87 Å². The summed E-state index contributed by atoms with van der Waals surface area (Å²) in [6.45, 7) is 0.328. The maximum absolute atomic E-state index is 12.7. The highest BCUT2D eigenvalue weighted by Crippen LogP contribution is 2.27. The van der Waals surface area contributed by atoms with Gasteiger partial charge in [0.05, 0.1) is 22.4 Å². The zero-order valence-electron chi connectivity index (χ0n) is 16.3. The van der Waals surface area contributed by atoms with Crippen LogP contribution in [0.5, 0.6) is 0 Å². The van der Waals surface area contributed by atoms with Crippen LogP contribution in [0.2, 0.25) is 5.02 Å². The van der Waals surface area contributed by atoms with Gasteiger partial charge in [-0.3, -0.25) is 13.9 Å². The highest BCUT2D eigenvalue weighted by atomic mass is 35.5. The molecular weight excluding hydrogens is 448 g/mol. The SMILES string of the molecule is O=c1sc2ccccc2n1Cc1nnc(SCc2ccccc2)n1-c1cccc(Cl)c1.